The minimum absolute atomic E-state index is 0.0316. The summed E-state index contributed by atoms with van der Waals surface area (Å²) >= 11 is 0. The Labute approximate surface area is 199 Å². The van der Waals surface area contributed by atoms with Crippen LogP contribution >= 0.6 is 0 Å². The first-order valence-corrected chi connectivity index (χ1v) is 10.7. The van der Waals surface area contributed by atoms with Gasteiger partial charge in [0, 0.05) is 12.1 Å². The number of hydrogen-bond donors (Lipinski definition) is 2. The maximum absolute atomic E-state index is 12.9. The molecule has 1 heterocycles. The first kappa shape index (κ1) is 23.3. The van der Waals surface area contributed by atoms with Gasteiger partial charge in [-0.1, -0.05) is 42.5 Å². The summed E-state index contributed by atoms with van der Waals surface area (Å²) in [4.78, 5) is 52.9. The van der Waals surface area contributed by atoms with Gasteiger partial charge in [0.05, 0.1) is 39.4 Å². The number of nitrogens with one attached hydrogen (secondary N) is 2. The van der Waals surface area contributed by atoms with Crippen molar-refractivity contribution < 1.29 is 14.5 Å². The number of para-hydroxylation sites is 1. The summed E-state index contributed by atoms with van der Waals surface area (Å²) in [6, 6.07) is 19.5. The summed E-state index contributed by atoms with van der Waals surface area (Å²) in [7, 11) is 0. The fraction of sp³-hybridized carbons (Fsp3) is 0.120. The van der Waals surface area contributed by atoms with Crippen molar-refractivity contribution in [1.29, 1.82) is 0 Å². The van der Waals surface area contributed by atoms with Crippen molar-refractivity contribution in [2.45, 2.75) is 19.5 Å². The van der Waals surface area contributed by atoms with Crippen molar-refractivity contribution >= 4 is 34.1 Å². The molecule has 2 amide bonds. The third-order valence-corrected chi connectivity index (χ3v) is 5.43. The van der Waals surface area contributed by atoms with Crippen LogP contribution in [0.15, 0.2) is 83.9 Å². The number of nitrogens with zero attached hydrogens (tertiary/aromatic N) is 3. The average molecular weight is 471 g/mol. The van der Waals surface area contributed by atoms with E-state index in [1.54, 1.807) is 24.3 Å². The van der Waals surface area contributed by atoms with Gasteiger partial charge in [0.25, 0.3) is 17.2 Å². The first-order chi connectivity index (χ1) is 16.8. The van der Waals surface area contributed by atoms with E-state index in [0.29, 0.717) is 0 Å². The zero-order valence-electron chi connectivity index (χ0n) is 18.7. The molecule has 0 bridgehead atoms. The molecule has 0 aliphatic heterocycles. The van der Waals surface area contributed by atoms with E-state index in [-0.39, 0.29) is 46.3 Å². The molecule has 0 unspecified atom stereocenters. The lowest BCUT2D eigenvalue weighted by Crippen LogP contribution is -2.30. The molecular weight excluding hydrogens is 450 g/mol. The molecule has 2 N–H and O–H groups in total. The Kier molecular flexibility index (Phi) is 6.63. The molecule has 0 aliphatic carbocycles. The molecule has 1 aromatic heterocycles. The van der Waals surface area contributed by atoms with Crippen molar-refractivity contribution in [1.82, 2.24) is 14.9 Å². The lowest BCUT2D eigenvalue weighted by Gasteiger charge is -2.16. The van der Waals surface area contributed by atoms with E-state index < -0.39 is 16.4 Å². The van der Waals surface area contributed by atoms with Crippen molar-refractivity contribution in [3.05, 3.63) is 111 Å². The largest absolute Gasteiger partial charge is 0.345 e. The van der Waals surface area contributed by atoms with Crippen LogP contribution < -0.4 is 16.2 Å². The number of hydrogen-bond acceptors (Lipinski definition) is 6. The quantitative estimate of drug-likeness (QED) is 0.313. The van der Waals surface area contributed by atoms with Crippen molar-refractivity contribution in [2.24, 2.45) is 0 Å². The second-order valence-electron chi connectivity index (χ2n) is 7.84. The number of aromatic nitrogens is 2. The van der Waals surface area contributed by atoms with Crippen LogP contribution in [0.3, 0.4) is 0 Å². The van der Waals surface area contributed by atoms with Gasteiger partial charge in [0.1, 0.15) is 6.54 Å². The standard InChI is InChI=1S/C25H21N5O5/c1-16(17-7-3-2-4-8-17)27-24(32)19-9-5-6-10-22(19)28-23(31)14-29-15-26-21-12-11-18(30(34)35)13-20(21)25(29)33/h2-13,15-16H,14H2,1H3,(H,27,32)(H,28,31)/t16-/m1/s1. The maximum Gasteiger partial charge on any atom is 0.270 e. The Balaban J connectivity index is 1.52. The van der Waals surface area contributed by atoms with Gasteiger partial charge >= 0.3 is 0 Å². The van der Waals surface area contributed by atoms with Gasteiger partial charge in [-0.05, 0) is 30.7 Å². The lowest BCUT2D eigenvalue weighted by atomic mass is 10.1. The number of nitro groups is 1. The van der Waals surface area contributed by atoms with Crippen LogP contribution in [-0.2, 0) is 11.3 Å². The zero-order valence-corrected chi connectivity index (χ0v) is 18.7. The summed E-state index contributed by atoms with van der Waals surface area (Å²) in [6.07, 6.45) is 1.20. The Morgan fingerprint density at radius 2 is 1.77 bits per heavy atom. The smallest absolute Gasteiger partial charge is 0.270 e. The Bertz CT molecular complexity index is 1480. The van der Waals surface area contributed by atoms with E-state index >= 15 is 0 Å². The Hall–Kier alpha value is -4.86. The molecule has 10 nitrogen and oxygen atoms in total. The van der Waals surface area contributed by atoms with Crippen LogP contribution in [-0.4, -0.2) is 26.3 Å². The summed E-state index contributed by atoms with van der Waals surface area (Å²) in [5.74, 6) is -0.927. The summed E-state index contributed by atoms with van der Waals surface area (Å²) in [6.45, 7) is 1.47. The minimum Gasteiger partial charge on any atom is -0.345 e. The number of nitro benzene ring substituents is 1. The van der Waals surface area contributed by atoms with Gasteiger partial charge in [-0.15, -0.1) is 0 Å². The highest BCUT2D eigenvalue weighted by molar-refractivity contribution is 6.03. The number of carbonyl (C=O) groups is 2. The predicted molar refractivity (Wildman–Crippen MR) is 130 cm³/mol. The van der Waals surface area contributed by atoms with Crippen molar-refractivity contribution in [2.75, 3.05) is 5.32 Å². The molecular formula is C25H21N5O5. The molecule has 1 atom stereocenters. The highest BCUT2D eigenvalue weighted by atomic mass is 16.6. The van der Waals surface area contributed by atoms with Gasteiger partial charge < -0.3 is 10.6 Å². The van der Waals surface area contributed by atoms with Crippen LogP contribution in [0.4, 0.5) is 11.4 Å². The molecule has 0 radical (unpaired) electrons. The zero-order chi connectivity index (χ0) is 24.9. The van der Waals surface area contributed by atoms with E-state index in [4.69, 9.17) is 0 Å². The predicted octanol–water partition coefficient (Wildman–Crippen LogP) is 3.43. The van der Waals surface area contributed by atoms with E-state index in [1.807, 2.05) is 37.3 Å². The number of non-ortho nitro benzene ring substituents is 1. The van der Waals surface area contributed by atoms with Crippen molar-refractivity contribution in [3.63, 3.8) is 0 Å². The second kappa shape index (κ2) is 9.96. The molecule has 3 aromatic carbocycles. The molecule has 4 rings (SSSR count). The van der Waals surface area contributed by atoms with Crippen molar-refractivity contribution in [3.8, 4) is 0 Å². The van der Waals surface area contributed by atoms with E-state index in [0.717, 1.165) is 16.2 Å². The number of rotatable bonds is 7. The Morgan fingerprint density at radius 3 is 2.51 bits per heavy atom. The molecule has 0 spiro atoms. The number of anilines is 1. The van der Waals surface area contributed by atoms with E-state index in [1.165, 1.54) is 18.5 Å². The van der Waals surface area contributed by atoms with Crippen LogP contribution in [0.1, 0.15) is 28.9 Å². The molecule has 176 valence electrons. The topological polar surface area (TPSA) is 136 Å². The average Bonchev–Trinajstić information content (AvgIpc) is 2.86. The van der Waals surface area contributed by atoms with Crippen LogP contribution in [0.2, 0.25) is 0 Å². The fourth-order valence-electron chi connectivity index (χ4n) is 3.61. The Morgan fingerprint density at radius 1 is 1.06 bits per heavy atom. The normalized spacial score (nSPS) is 11.6. The SMILES string of the molecule is C[C@@H](NC(=O)c1ccccc1NC(=O)Cn1cnc2ccc([N+](=O)[O-])cc2c1=O)c1ccccc1. The van der Waals surface area contributed by atoms with E-state index in [9.17, 15) is 24.5 Å². The number of amides is 2. The summed E-state index contributed by atoms with van der Waals surface area (Å²) in [5.41, 5.74) is 0.938. The van der Waals surface area contributed by atoms with E-state index in [2.05, 4.69) is 15.6 Å². The van der Waals surface area contributed by atoms with Gasteiger partial charge in [-0.25, -0.2) is 4.98 Å². The van der Waals surface area contributed by atoms with Gasteiger partial charge in [-0.2, -0.15) is 0 Å². The second-order valence-corrected chi connectivity index (χ2v) is 7.84. The summed E-state index contributed by atoms with van der Waals surface area (Å²) in [5, 5.41) is 16.6. The minimum atomic E-state index is -0.608. The molecule has 0 aliphatic rings. The molecule has 0 saturated heterocycles. The maximum atomic E-state index is 12.9. The molecule has 4 aromatic rings. The first-order valence-electron chi connectivity index (χ1n) is 10.7. The molecule has 35 heavy (non-hydrogen) atoms. The molecule has 0 fully saturated rings. The number of fused-ring (bicyclic) bond motifs is 1. The van der Waals surface area contributed by atoms with Gasteiger partial charge in [-0.3, -0.25) is 29.1 Å². The lowest BCUT2D eigenvalue weighted by molar-refractivity contribution is -0.384. The molecule has 10 heteroatoms. The van der Waals surface area contributed by atoms with Gasteiger partial charge in [0.15, 0.2) is 0 Å². The summed E-state index contributed by atoms with van der Waals surface area (Å²) < 4.78 is 1.06. The third kappa shape index (κ3) is 5.22. The third-order valence-electron chi connectivity index (χ3n) is 5.43. The highest BCUT2D eigenvalue weighted by Gasteiger charge is 2.17. The fourth-order valence-corrected chi connectivity index (χ4v) is 3.61. The monoisotopic (exact) mass is 471 g/mol. The van der Waals surface area contributed by atoms with Crippen LogP contribution in [0, 0.1) is 10.1 Å². The van der Waals surface area contributed by atoms with Crippen LogP contribution in [0.5, 0.6) is 0 Å². The van der Waals surface area contributed by atoms with Gasteiger partial charge in [0.2, 0.25) is 5.91 Å². The molecule has 0 saturated carbocycles. The number of benzene rings is 3. The van der Waals surface area contributed by atoms with Crippen LogP contribution in [0.25, 0.3) is 10.9 Å². The highest BCUT2D eigenvalue weighted by Crippen LogP contribution is 2.19. The number of carbonyl (C=O) groups excluding carboxylic acids is 2.